The molecular formula is C22H19Cl2N3O4S. The van der Waals surface area contributed by atoms with E-state index in [-0.39, 0.29) is 0 Å². The third kappa shape index (κ3) is 3.86. The van der Waals surface area contributed by atoms with E-state index in [1.165, 1.54) is 11.8 Å². The second-order valence-corrected chi connectivity index (χ2v) is 9.31. The zero-order valence-electron chi connectivity index (χ0n) is 16.6. The molecule has 32 heavy (non-hydrogen) atoms. The standard InChI is InChI=1S/C22H19Cl2N3O4S/c23-13-6-12-7-16-20(25-15(12)8-14(13)24)27(21-19(30)18(29)17(9-28)31-21)22(26-16)32-10-11-4-2-1-3-5-11/h1-8,17-19,21,28-30H,9-10H2/t17-,18-,19-,21?/m1/s1. The van der Waals surface area contributed by atoms with Crippen molar-refractivity contribution in [1.29, 1.82) is 0 Å². The van der Waals surface area contributed by atoms with Crippen LogP contribution in [0.5, 0.6) is 0 Å². The van der Waals surface area contributed by atoms with Gasteiger partial charge in [-0.1, -0.05) is 65.3 Å². The van der Waals surface area contributed by atoms with Gasteiger partial charge in [-0.3, -0.25) is 4.57 Å². The summed E-state index contributed by atoms with van der Waals surface area (Å²) in [6, 6.07) is 15.2. The number of imidazole rings is 1. The van der Waals surface area contributed by atoms with Crippen molar-refractivity contribution in [2.75, 3.05) is 6.61 Å². The third-order valence-corrected chi connectivity index (χ3v) is 7.20. The summed E-state index contributed by atoms with van der Waals surface area (Å²) in [6.07, 6.45) is -4.36. The van der Waals surface area contributed by atoms with Gasteiger partial charge in [-0.2, -0.15) is 0 Å². The molecule has 2 aromatic heterocycles. The zero-order valence-corrected chi connectivity index (χ0v) is 18.9. The molecule has 1 saturated heterocycles. The molecule has 0 aliphatic carbocycles. The minimum Gasteiger partial charge on any atom is -0.394 e. The monoisotopic (exact) mass is 491 g/mol. The molecule has 0 bridgehead atoms. The number of rotatable bonds is 5. The number of fused-ring (bicyclic) bond motifs is 2. The van der Waals surface area contributed by atoms with Gasteiger partial charge < -0.3 is 20.1 Å². The lowest BCUT2D eigenvalue weighted by Crippen LogP contribution is -2.33. The molecule has 166 valence electrons. The van der Waals surface area contributed by atoms with Gasteiger partial charge in [0.15, 0.2) is 17.0 Å². The number of aliphatic hydroxyl groups is 3. The second kappa shape index (κ2) is 8.79. The molecule has 4 aromatic rings. The number of ether oxygens (including phenoxy) is 1. The number of nitrogens with zero attached hydrogens (tertiary/aromatic N) is 3. The Bertz CT molecular complexity index is 1290. The van der Waals surface area contributed by atoms with E-state index in [0.717, 1.165) is 10.9 Å². The molecule has 10 heteroatoms. The smallest absolute Gasteiger partial charge is 0.172 e. The Balaban J connectivity index is 1.64. The van der Waals surface area contributed by atoms with E-state index in [0.29, 0.717) is 37.6 Å². The van der Waals surface area contributed by atoms with E-state index in [2.05, 4.69) is 0 Å². The van der Waals surface area contributed by atoms with Gasteiger partial charge in [-0.15, -0.1) is 0 Å². The molecule has 2 aromatic carbocycles. The predicted octanol–water partition coefficient (Wildman–Crippen LogP) is 3.80. The van der Waals surface area contributed by atoms with Crippen LogP contribution in [0.1, 0.15) is 11.8 Å². The minimum atomic E-state index is -1.26. The largest absolute Gasteiger partial charge is 0.394 e. The van der Waals surface area contributed by atoms with Crippen molar-refractivity contribution in [2.45, 2.75) is 35.4 Å². The fraction of sp³-hybridized carbons (Fsp3) is 0.273. The Morgan fingerprint density at radius 1 is 0.969 bits per heavy atom. The summed E-state index contributed by atoms with van der Waals surface area (Å²) in [5.74, 6) is 0.635. The number of halogens is 2. The van der Waals surface area contributed by atoms with Crippen LogP contribution in [0.2, 0.25) is 10.0 Å². The van der Waals surface area contributed by atoms with E-state index in [1.807, 2.05) is 36.4 Å². The third-order valence-electron chi connectivity index (χ3n) is 5.45. The van der Waals surface area contributed by atoms with Gasteiger partial charge in [-0.05, 0) is 23.8 Å². The molecule has 4 atom stereocenters. The molecule has 1 unspecified atom stereocenters. The molecule has 0 spiro atoms. The Hall–Kier alpha value is -1.91. The minimum absolute atomic E-state index is 0.378. The summed E-state index contributed by atoms with van der Waals surface area (Å²) in [6.45, 7) is -0.418. The summed E-state index contributed by atoms with van der Waals surface area (Å²) in [5, 5.41) is 32.7. The number of aromatic nitrogens is 3. The van der Waals surface area contributed by atoms with Crippen molar-refractivity contribution < 1.29 is 20.1 Å². The van der Waals surface area contributed by atoms with Crippen LogP contribution < -0.4 is 0 Å². The van der Waals surface area contributed by atoms with Gasteiger partial charge in [0.05, 0.1) is 22.2 Å². The molecule has 3 N–H and O–H groups in total. The quantitative estimate of drug-likeness (QED) is 0.365. The number of pyridine rings is 1. The SMILES string of the molecule is OC[C@H]1OC(n2c(SCc3ccccc3)nc3cc4cc(Cl)c(Cl)cc4nc32)[C@H](O)[C@@H]1O. The maximum absolute atomic E-state index is 10.7. The van der Waals surface area contributed by atoms with Crippen LogP contribution >= 0.6 is 35.0 Å². The van der Waals surface area contributed by atoms with E-state index in [1.54, 1.807) is 16.7 Å². The molecule has 3 heterocycles. The van der Waals surface area contributed by atoms with E-state index >= 15 is 0 Å². The lowest BCUT2D eigenvalue weighted by molar-refractivity contribution is -0.0548. The Labute approximate surface area is 197 Å². The highest BCUT2D eigenvalue weighted by Crippen LogP contribution is 2.38. The van der Waals surface area contributed by atoms with Crippen LogP contribution in [0.25, 0.3) is 22.1 Å². The van der Waals surface area contributed by atoms with Crippen LogP contribution in [0.3, 0.4) is 0 Å². The molecule has 1 aliphatic heterocycles. The first-order valence-electron chi connectivity index (χ1n) is 9.93. The fourth-order valence-electron chi connectivity index (χ4n) is 3.80. The summed E-state index contributed by atoms with van der Waals surface area (Å²) >= 11 is 13.8. The van der Waals surface area contributed by atoms with Crippen LogP contribution in [0.15, 0.2) is 53.7 Å². The normalized spacial score (nSPS) is 23.4. The molecule has 1 fully saturated rings. The zero-order chi connectivity index (χ0) is 22.4. The van der Waals surface area contributed by atoms with Gasteiger partial charge in [0.25, 0.3) is 0 Å². The summed E-state index contributed by atoms with van der Waals surface area (Å²) in [7, 11) is 0. The van der Waals surface area contributed by atoms with Gasteiger partial charge in [0.2, 0.25) is 0 Å². The van der Waals surface area contributed by atoms with Crippen LogP contribution in [-0.4, -0.2) is 54.8 Å². The van der Waals surface area contributed by atoms with E-state index in [4.69, 9.17) is 37.9 Å². The van der Waals surface area contributed by atoms with Crippen molar-refractivity contribution >= 4 is 57.0 Å². The Morgan fingerprint density at radius 2 is 1.72 bits per heavy atom. The average Bonchev–Trinajstić information content (AvgIpc) is 3.28. The van der Waals surface area contributed by atoms with Crippen molar-refractivity contribution in [3.63, 3.8) is 0 Å². The lowest BCUT2D eigenvalue weighted by Gasteiger charge is -2.19. The predicted molar refractivity (Wildman–Crippen MR) is 124 cm³/mol. The molecule has 0 radical (unpaired) electrons. The summed E-state index contributed by atoms with van der Waals surface area (Å²) < 4.78 is 7.48. The Morgan fingerprint density at radius 3 is 2.44 bits per heavy atom. The van der Waals surface area contributed by atoms with Crippen LogP contribution in [0.4, 0.5) is 0 Å². The Kier molecular flexibility index (Phi) is 6.02. The van der Waals surface area contributed by atoms with Crippen LogP contribution in [-0.2, 0) is 10.5 Å². The van der Waals surface area contributed by atoms with Gasteiger partial charge >= 0.3 is 0 Å². The van der Waals surface area contributed by atoms with E-state index < -0.39 is 31.1 Å². The first-order valence-corrected chi connectivity index (χ1v) is 11.7. The first kappa shape index (κ1) is 21.9. The van der Waals surface area contributed by atoms with Crippen molar-refractivity contribution in [3.8, 4) is 0 Å². The van der Waals surface area contributed by atoms with Crippen molar-refractivity contribution in [2.24, 2.45) is 0 Å². The summed E-state index contributed by atoms with van der Waals surface area (Å²) in [5.41, 5.74) is 2.78. The van der Waals surface area contributed by atoms with Crippen molar-refractivity contribution in [3.05, 3.63) is 64.1 Å². The molecule has 0 amide bonds. The number of benzene rings is 2. The summed E-state index contributed by atoms with van der Waals surface area (Å²) in [4.78, 5) is 9.46. The fourth-order valence-corrected chi connectivity index (χ4v) is 5.11. The molecular weight excluding hydrogens is 473 g/mol. The number of hydrogen-bond acceptors (Lipinski definition) is 7. The second-order valence-electron chi connectivity index (χ2n) is 7.56. The first-order chi connectivity index (χ1) is 15.5. The van der Waals surface area contributed by atoms with Gasteiger partial charge in [0.1, 0.15) is 23.8 Å². The average molecular weight is 492 g/mol. The van der Waals surface area contributed by atoms with Gasteiger partial charge in [0, 0.05) is 11.1 Å². The number of aliphatic hydroxyl groups excluding tert-OH is 3. The topological polar surface area (TPSA) is 101 Å². The van der Waals surface area contributed by atoms with Gasteiger partial charge in [-0.25, -0.2) is 9.97 Å². The maximum Gasteiger partial charge on any atom is 0.172 e. The highest BCUT2D eigenvalue weighted by Gasteiger charge is 2.45. The molecule has 1 aliphatic rings. The number of thioether (sulfide) groups is 1. The highest BCUT2D eigenvalue weighted by atomic mass is 35.5. The molecule has 7 nitrogen and oxygen atoms in total. The van der Waals surface area contributed by atoms with Crippen molar-refractivity contribution in [1.82, 2.24) is 14.5 Å². The maximum atomic E-state index is 10.7. The van der Waals surface area contributed by atoms with E-state index in [9.17, 15) is 15.3 Å². The molecule has 5 rings (SSSR count). The van der Waals surface area contributed by atoms with Crippen LogP contribution in [0, 0.1) is 0 Å². The molecule has 0 saturated carbocycles. The highest BCUT2D eigenvalue weighted by molar-refractivity contribution is 7.98. The number of hydrogen-bond donors (Lipinski definition) is 3. The lowest BCUT2D eigenvalue weighted by atomic mass is 10.1.